The van der Waals surface area contributed by atoms with E-state index < -0.39 is 5.60 Å². The van der Waals surface area contributed by atoms with Crippen molar-refractivity contribution in [2.24, 2.45) is 0 Å². The summed E-state index contributed by atoms with van der Waals surface area (Å²) in [6.07, 6.45) is 1.25. The van der Waals surface area contributed by atoms with Crippen molar-refractivity contribution in [3.8, 4) is 11.4 Å². The highest BCUT2D eigenvalue weighted by atomic mass is 16.5. The molecule has 1 saturated heterocycles. The Labute approximate surface area is 171 Å². The number of ether oxygens (including phenoxy) is 1. The molecule has 1 fully saturated rings. The van der Waals surface area contributed by atoms with Crippen molar-refractivity contribution < 1.29 is 14.4 Å². The summed E-state index contributed by atoms with van der Waals surface area (Å²) in [6, 6.07) is 18.3. The van der Waals surface area contributed by atoms with Gasteiger partial charge in [0, 0.05) is 25.2 Å². The zero-order valence-corrected chi connectivity index (χ0v) is 16.8. The van der Waals surface area contributed by atoms with Crippen molar-refractivity contribution in [1.29, 1.82) is 0 Å². The minimum absolute atomic E-state index is 0.252. The first-order valence-corrected chi connectivity index (χ1v) is 10.1. The molecule has 0 amide bonds. The monoisotopic (exact) mass is 393 g/mol. The van der Waals surface area contributed by atoms with Gasteiger partial charge >= 0.3 is 0 Å². The van der Waals surface area contributed by atoms with E-state index in [1.165, 1.54) is 11.1 Å². The van der Waals surface area contributed by atoms with Crippen LogP contribution in [0.15, 0.2) is 59.1 Å². The minimum atomic E-state index is -1.17. The summed E-state index contributed by atoms with van der Waals surface area (Å²) in [5, 5.41) is 15.0. The van der Waals surface area contributed by atoms with Gasteiger partial charge in [-0.15, -0.1) is 0 Å². The topological polar surface area (TPSA) is 71.6 Å². The number of nitrogens with zero attached hydrogens (tertiary/aromatic N) is 3. The van der Waals surface area contributed by atoms with E-state index in [9.17, 15) is 5.11 Å². The second-order valence-corrected chi connectivity index (χ2v) is 7.77. The third kappa shape index (κ3) is 5.09. The van der Waals surface area contributed by atoms with E-state index in [0.29, 0.717) is 12.2 Å². The number of aromatic nitrogens is 2. The second-order valence-electron chi connectivity index (χ2n) is 7.77. The Morgan fingerprint density at radius 3 is 2.59 bits per heavy atom. The molecule has 3 aromatic rings. The van der Waals surface area contributed by atoms with E-state index in [4.69, 9.17) is 9.26 Å². The molecule has 1 N–H and O–H groups in total. The predicted molar refractivity (Wildman–Crippen MR) is 110 cm³/mol. The Morgan fingerprint density at radius 2 is 1.79 bits per heavy atom. The van der Waals surface area contributed by atoms with Gasteiger partial charge in [0.15, 0.2) is 0 Å². The van der Waals surface area contributed by atoms with Gasteiger partial charge < -0.3 is 14.4 Å². The first-order chi connectivity index (χ1) is 14.1. The molecular weight excluding hydrogens is 366 g/mol. The molecule has 2 heterocycles. The molecule has 29 heavy (non-hydrogen) atoms. The van der Waals surface area contributed by atoms with Crippen molar-refractivity contribution in [3.05, 3.63) is 71.6 Å². The van der Waals surface area contributed by atoms with Crippen LogP contribution in [0.1, 0.15) is 30.4 Å². The van der Waals surface area contributed by atoms with Gasteiger partial charge in [0.1, 0.15) is 5.60 Å². The number of hydrogen-bond acceptors (Lipinski definition) is 6. The number of hydrogen-bond donors (Lipinski definition) is 1. The van der Waals surface area contributed by atoms with Crippen molar-refractivity contribution in [3.63, 3.8) is 0 Å². The lowest BCUT2D eigenvalue weighted by Crippen LogP contribution is -2.35. The highest BCUT2D eigenvalue weighted by molar-refractivity contribution is 5.55. The summed E-state index contributed by atoms with van der Waals surface area (Å²) in [5.74, 6) is 0.755. The summed E-state index contributed by atoms with van der Waals surface area (Å²) in [4.78, 5) is 6.86. The smallest absolute Gasteiger partial charge is 0.258 e. The van der Waals surface area contributed by atoms with Gasteiger partial charge in [0.25, 0.3) is 5.89 Å². The largest absolute Gasteiger partial charge is 0.380 e. The second kappa shape index (κ2) is 8.86. The Morgan fingerprint density at radius 1 is 1.03 bits per heavy atom. The van der Waals surface area contributed by atoms with Gasteiger partial charge in [-0.2, -0.15) is 4.98 Å². The van der Waals surface area contributed by atoms with Gasteiger partial charge in [0.05, 0.1) is 13.2 Å². The summed E-state index contributed by atoms with van der Waals surface area (Å²) < 4.78 is 10.8. The molecule has 0 radical (unpaired) electrons. The van der Waals surface area contributed by atoms with Crippen LogP contribution in [-0.2, 0) is 23.3 Å². The lowest BCUT2D eigenvalue weighted by atomic mass is 9.97. The van der Waals surface area contributed by atoms with Crippen LogP contribution in [0, 0.1) is 0 Å². The van der Waals surface area contributed by atoms with E-state index in [-0.39, 0.29) is 5.89 Å². The van der Waals surface area contributed by atoms with Crippen LogP contribution in [0.2, 0.25) is 0 Å². The quantitative estimate of drug-likeness (QED) is 0.663. The number of morpholine rings is 1. The van der Waals surface area contributed by atoms with Crippen molar-refractivity contribution in [2.45, 2.75) is 31.9 Å². The van der Waals surface area contributed by atoms with Crippen molar-refractivity contribution in [2.75, 3.05) is 26.3 Å². The molecule has 1 unspecified atom stereocenters. The molecule has 152 valence electrons. The Kier molecular flexibility index (Phi) is 6.04. The van der Waals surface area contributed by atoms with E-state index in [1.54, 1.807) is 6.92 Å². The number of aryl methyl sites for hydroxylation is 1. The fraction of sp³-hybridized carbons (Fsp3) is 0.391. The number of rotatable bonds is 7. The maximum absolute atomic E-state index is 10.9. The Balaban J connectivity index is 1.44. The van der Waals surface area contributed by atoms with E-state index >= 15 is 0 Å². The average molecular weight is 393 g/mol. The summed E-state index contributed by atoms with van der Waals surface area (Å²) in [6.45, 7) is 6.05. The molecule has 0 aliphatic carbocycles. The van der Waals surface area contributed by atoms with Crippen LogP contribution < -0.4 is 0 Å². The molecule has 6 nitrogen and oxygen atoms in total. The standard InChI is InChI=1S/C23H27N3O3/c1-23(27,11-10-18-6-3-2-4-7-18)22-24-21(25-29-22)20-9-5-8-19(16-20)17-26-12-14-28-15-13-26/h2-9,16,27H,10-15,17H2,1H3. The zero-order valence-electron chi connectivity index (χ0n) is 16.8. The van der Waals surface area contributed by atoms with Crippen LogP contribution in [0.4, 0.5) is 0 Å². The fourth-order valence-electron chi connectivity index (χ4n) is 3.53. The molecule has 0 bridgehead atoms. The molecule has 1 atom stereocenters. The lowest BCUT2D eigenvalue weighted by molar-refractivity contribution is 0.0147. The average Bonchev–Trinajstić information content (AvgIpc) is 3.26. The van der Waals surface area contributed by atoms with Crippen LogP contribution in [-0.4, -0.2) is 46.5 Å². The molecule has 6 heteroatoms. The minimum Gasteiger partial charge on any atom is -0.380 e. The van der Waals surface area contributed by atoms with Crippen LogP contribution in [0.5, 0.6) is 0 Å². The van der Waals surface area contributed by atoms with Gasteiger partial charge in [-0.3, -0.25) is 4.90 Å². The van der Waals surface area contributed by atoms with Gasteiger partial charge in [-0.25, -0.2) is 0 Å². The predicted octanol–water partition coefficient (Wildman–Crippen LogP) is 3.41. The van der Waals surface area contributed by atoms with Gasteiger partial charge in [-0.1, -0.05) is 53.7 Å². The maximum atomic E-state index is 10.9. The van der Waals surface area contributed by atoms with Crippen LogP contribution in [0.25, 0.3) is 11.4 Å². The van der Waals surface area contributed by atoms with Gasteiger partial charge in [-0.05, 0) is 37.0 Å². The third-order valence-corrected chi connectivity index (χ3v) is 5.33. The molecule has 4 rings (SSSR count). The number of aliphatic hydroxyl groups is 1. The first-order valence-electron chi connectivity index (χ1n) is 10.1. The van der Waals surface area contributed by atoms with Crippen molar-refractivity contribution in [1.82, 2.24) is 15.0 Å². The molecular formula is C23H27N3O3. The Bertz CT molecular complexity index is 918. The zero-order chi connectivity index (χ0) is 20.1. The molecule has 0 saturated carbocycles. The fourth-order valence-corrected chi connectivity index (χ4v) is 3.53. The SMILES string of the molecule is CC(O)(CCc1ccccc1)c1nc(-c2cccc(CN3CCOCC3)c2)no1. The molecule has 0 spiro atoms. The molecule has 2 aromatic carbocycles. The normalized spacial score (nSPS) is 17.2. The van der Waals surface area contributed by atoms with Crippen LogP contribution in [0.3, 0.4) is 0 Å². The van der Waals surface area contributed by atoms with Crippen LogP contribution >= 0.6 is 0 Å². The van der Waals surface area contributed by atoms with E-state index in [0.717, 1.165) is 44.8 Å². The summed E-state index contributed by atoms with van der Waals surface area (Å²) >= 11 is 0. The summed E-state index contributed by atoms with van der Waals surface area (Å²) in [5.41, 5.74) is 2.09. The molecule has 1 aliphatic heterocycles. The Hall–Kier alpha value is -2.54. The van der Waals surface area contributed by atoms with Gasteiger partial charge in [0.2, 0.25) is 5.82 Å². The number of benzene rings is 2. The first kappa shape index (κ1) is 19.8. The lowest BCUT2D eigenvalue weighted by Gasteiger charge is -2.26. The molecule has 1 aliphatic rings. The summed E-state index contributed by atoms with van der Waals surface area (Å²) in [7, 11) is 0. The molecule has 1 aromatic heterocycles. The third-order valence-electron chi connectivity index (χ3n) is 5.33. The highest BCUT2D eigenvalue weighted by Gasteiger charge is 2.30. The maximum Gasteiger partial charge on any atom is 0.258 e. The highest BCUT2D eigenvalue weighted by Crippen LogP contribution is 2.27. The van der Waals surface area contributed by atoms with Crippen molar-refractivity contribution >= 4 is 0 Å². The van der Waals surface area contributed by atoms with E-state index in [1.807, 2.05) is 30.3 Å². The van der Waals surface area contributed by atoms with E-state index in [2.05, 4.69) is 39.3 Å².